The molecule has 0 spiro atoms. The SMILES string of the molecule is CCC(CC)C(=O)Nc1ccc2c(c1)CCN2. The average molecular weight is 232 g/mol. The highest BCUT2D eigenvalue weighted by Gasteiger charge is 2.15. The second-order valence-electron chi connectivity index (χ2n) is 4.55. The first-order valence-electron chi connectivity index (χ1n) is 6.42. The molecule has 1 heterocycles. The van der Waals surface area contributed by atoms with Crippen molar-refractivity contribution in [3.63, 3.8) is 0 Å². The van der Waals surface area contributed by atoms with Gasteiger partial charge in [-0.1, -0.05) is 13.8 Å². The largest absolute Gasteiger partial charge is 0.384 e. The maximum Gasteiger partial charge on any atom is 0.227 e. The number of amides is 1. The van der Waals surface area contributed by atoms with Crippen molar-refractivity contribution in [3.05, 3.63) is 23.8 Å². The Morgan fingerprint density at radius 2 is 2.18 bits per heavy atom. The van der Waals surface area contributed by atoms with Crippen molar-refractivity contribution < 1.29 is 4.79 Å². The lowest BCUT2D eigenvalue weighted by molar-refractivity contribution is -0.120. The van der Waals surface area contributed by atoms with Gasteiger partial charge in [0, 0.05) is 23.8 Å². The zero-order chi connectivity index (χ0) is 12.3. The molecule has 2 N–H and O–H groups in total. The first-order chi connectivity index (χ1) is 8.24. The van der Waals surface area contributed by atoms with E-state index >= 15 is 0 Å². The summed E-state index contributed by atoms with van der Waals surface area (Å²) in [7, 11) is 0. The Balaban J connectivity index is 2.06. The van der Waals surface area contributed by atoms with Crippen LogP contribution < -0.4 is 10.6 Å². The van der Waals surface area contributed by atoms with Crippen LogP contribution in [0.25, 0.3) is 0 Å². The Bertz CT molecular complexity index is 411. The van der Waals surface area contributed by atoms with Crippen LogP contribution in [0.15, 0.2) is 18.2 Å². The van der Waals surface area contributed by atoms with E-state index in [9.17, 15) is 4.79 Å². The Morgan fingerprint density at radius 3 is 2.88 bits per heavy atom. The normalized spacial score (nSPS) is 13.4. The molecule has 3 heteroatoms. The molecule has 0 atom stereocenters. The van der Waals surface area contributed by atoms with Crippen molar-refractivity contribution in [1.29, 1.82) is 0 Å². The van der Waals surface area contributed by atoms with Gasteiger partial charge in [-0.15, -0.1) is 0 Å². The number of hydrogen-bond acceptors (Lipinski definition) is 2. The van der Waals surface area contributed by atoms with E-state index in [2.05, 4.69) is 30.5 Å². The van der Waals surface area contributed by atoms with E-state index in [1.54, 1.807) is 0 Å². The smallest absolute Gasteiger partial charge is 0.227 e. The van der Waals surface area contributed by atoms with Gasteiger partial charge in [-0.25, -0.2) is 0 Å². The molecule has 3 nitrogen and oxygen atoms in total. The van der Waals surface area contributed by atoms with Crippen molar-refractivity contribution in [2.24, 2.45) is 5.92 Å². The molecule has 1 aromatic carbocycles. The highest BCUT2D eigenvalue weighted by atomic mass is 16.1. The summed E-state index contributed by atoms with van der Waals surface area (Å²) in [5, 5.41) is 6.32. The number of carbonyl (C=O) groups excluding carboxylic acids is 1. The fourth-order valence-corrected chi connectivity index (χ4v) is 2.29. The third kappa shape index (κ3) is 2.60. The Morgan fingerprint density at radius 1 is 1.41 bits per heavy atom. The maximum atomic E-state index is 11.9. The van der Waals surface area contributed by atoms with Crippen molar-refractivity contribution in [2.45, 2.75) is 33.1 Å². The van der Waals surface area contributed by atoms with Crippen LogP contribution >= 0.6 is 0 Å². The summed E-state index contributed by atoms with van der Waals surface area (Å²) in [5.74, 6) is 0.266. The minimum Gasteiger partial charge on any atom is -0.384 e. The van der Waals surface area contributed by atoms with Gasteiger partial charge in [0.25, 0.3) is 0 Å². The third-order valence-electron chi connectivity index (χ3n) is 3.44. The van der Waals surface area contributed by atoms with Crippen LogP contribution in [0.1, 0.15) is 32.3 Å². The van der Waals surface area contributed by atoms with Crippen LogP contribution in [0.3, 0.4) is 0 Å². The summed E-state index contributed by atoms with van der Waals surface area (Å²) >= 11 is 0. The first kappa shape index (κ1) is 12.0. The van der Waals surface area contributed by atoms with Gasteiger partial charge in [0.2, 0.25) is 5.91 Å². The van der Waals surface area contributed by atoms with Gasteiger partial charge in [-0.2, -0.15) is 0 Å². The molecule has 2 rings (SSSR count). The fraction of sp³-hybridized carbons (Fsp3) is 0.500. The lowest BCUT2D eigenvalue weighted by Gasteiger charge is -2.13. The monoisotopic (exact) mass is 232 g/mol. The molecule has 0 radical (unpaired) electrons. The van der Waals surface area contributed by atoms with E-state index in [4.69, 9.17) is 0 Å². The van der Waals surface area contributed by atoms with E-state index in [0.717, 1.165) is 31.5 Å². The second kappa shape index (κ2) is 5.21. The van der Waals surface area contributed by atoms with Crippen LogP contribution in [-0.2, 0) is 11.2 Å². The zero-order valence-corrected chi connectivity index (χ0v) is 10.5. The van der Waals surface area contributed by atoms with Crippen LogP contribution in [0.2, 0.25) is 0 Å². The molecular weight excluding hydrogens is 212 g/mol. The van der Waals surface area contributed by atoms with Crippen molar-refractivity contribution in [3.8, 4) is 0 Å². The summed E-state index contributed by atoms with van der Waals surface area (Å²) < 4.78 is 0. The quantitative estimate of drug-likeness (QED) is 0.837. The average Bonchev–Trinajstić information content (AvgIpc) is 2.77. The van der Waals surface area contributed by atoms with Crippen LogP contribution in [-0.4, -0.2) is 12.5 Å². The second-order valence-corrected chi connectivity index (χ2v) is 4.55. The van der Waals surface area contributed by atoms with Crippen LogP contribution in [0.5, 0.6) is 0 Å². The van der Waals surface area contributed by atoms with Crippen molar-refractivity contribution in [1.82, 2.24) is 0 Å². The molecule has 92 valence electrons. The fourth-order valence-electron chi connectivity index (χ4n) is 2.29. The standard InChI is InChI=1S/C14H20N2O/c1-3-10(4-2)14(17)16-12-5-6-13-11(9-12)7-8-15-13/h5-6,9-10,15H,3-4,7-8H2,1-2H3,(H,16,17). The number of fused-ring (bicyclic) bond motifs is 1. The lowest BCUT2D eigenvalue weighted by atomic mass is 10.0. The van der Waals surface area contributed by atoms with Gasteiger partial charge in [-0.05, 0) is 43.0 Å². The van der Waals surface area contributed by atoms with E-state index in [1.807, 2.05) is 12.1 Å². The summed E-state index contributed by atoms with van der Waals surface area (Å²) in [6.45, 7) is 5.11. The summed E-state index contributed by atoms with van der Waals surface area (Å²) in [5.41, 5.74) is 3.42. The van der Waals surface area contributed by atoms with Crippen LogP contribution in [0.4, 0.5) is 11.4 Å². The molecule has 0 aliphatic carbocycles. The van der Waals surface area contributed by atoms with Crippen molar-refractivity contribution in [2.75, 3.05) is 17.2 Å². The molecule has 17 heavy (non-hydrogen) atoms. The molecule has 1 amide bonds. The number of nitrogens with one attached hydrogen (secondary N) is 2. The Labute approximate surface area is 103 Å². The molecule has 0 unspecified atom stereocenters. The molecule has 1 aliphatic rings. The molecule has 1 aromatic rings. The zero-order valence-electron chi connectivity index (χ0n) is 10.5. The minimum atomic E-state index is 0.126. The number of benzene rings is 1. The van der Waals surface area contributed by atoms with Gasteiger partial charge < -0.3 is 10.6 Å². The Hall–Kier alpha value is -1.51. The van der Waals surface area contributed by atoms with Gasteiger partial charge >= 0.3 is 0 Å². The summed E-state index contributed by atoms with van der Waals surface area (Å²) in [4.78, 5) is 11.9. The topological polar surface area (TPSA) is 41.1 Å². The van der Waals surface area contributed by atoms with E-state index < -0.39 is 0 Å². The minimum absolute atomic E-state index is 0.126. The molecule has 0 saturated heterocycles. The predicted octanol–water partition coefficient (Wildman–Crippen LogP) is 3.03. The summed E-state index contributed by atoms with van der Waals surface area (Å²) in [6.07, 6.45) is 2.84. The summed E-state index contributed by atoms with van der Waals surface area (Å²) in [6, 6.07) is 6.10. The Kier molecular flexibility index (Phi) is 3.67. The molecule has 0 fully saturated rings. The van der Waals surface area contributed by atoms with E-state index in [1.165, 1.54) is 11.3 Å². The highest BCUT2D eigenvalue weighted by molar-refractivity contribution is 5.92. The lowest BCUT2D eigenvalue weighted by Crippen LogP contribution is -2.21. The highest BCUT2D eigenvalue weighted by Crippen LogP contribution is 2.25. The van der Waals surface area contributed by atoms with Gasteiger partial charge in [0.05, 0.1) is 0 Å². The number of carbonyl (C=O) groups is 1. The first-order valence-corrected chi connectivity index (χ1v) is 6.42. The van der Waals surface area contributed by atoms with Crippen LogP contribution in [0, 0.1) is 5.92 Å². The van der Waals surface area contributed by atoms with E-state index in [-0.39, 0.29) is 11.8 Å². The van der Waals surface area contributed by atoms with Gasteiger partial charge in [0.15, 0.2) is 0 Å². The molecule has 0 saturated carbocycles. The number of anilines is 2. The number of rotatable bonds is 4. The predicted molar refractivity (Wildman–Crippen MR) is 71.3 cm³/mol. The maximum absolute atomic E-state index is 11.9. The molecule has 0 aromatic heterocycles. The van der Waals surface area contributed by atoms with Gasteiger partial charge in [-0.3, -0.25) is 4.79 Å². The molecule has 1 aliphatic heterocycles. The van der Waals surface area contributed by atoms with E-state index in [0.29, 0.717) is 0 Å². The van der Waals surface area contributed by atoms with Gasteiger partial charge in [0.1, 0.15) is 0 Å². The number of hydrogen-bond donors (Lipinski definition) is 2. The molecule has 0 bridgehead atoms. The van der Waals surface area contributed by atoms with Crippen molar-refractivity contribution >= 4 is 17.3 Å². The third-order valence-corrected chi connectivity index (χ3v) is 3.44. The molecular formula is C14H20N2O.